The minimum atomic E-state index is -0.574. The number of hydrogen-bond acceptors (Lipinski definition) is 7. The first-order valence-corrected chi connectivity index (χ1v) is 11.7. The molecule has 0 saturated heterocycles. The maximum Gasteiger partial charge on any atom is 0.340 e. The molecule has 0 aliphatic rings. The van der Waals surface area contributed by atoms with Crippen LogP contribution in [0.25, 0.3) is 0 Å². The highest BCUT2D eigenvalue weighted by atomic mass is 35.5. The Morgan fingerprint density at radius 3 is 2.06 bits per heavy atom. The van der Waals surface area contributed by atoms with E-state index < -0.39 is 11.8 Å². The molecule has 0 saturated carbocycles. The lowest BCUT2D eigenvalue weighted by atomic mass is 10.1. The standard InChI is InChI=1S/C25H38FN5O2.3ClH/c1-33-25(32)21-17-22(26)24(18-23(21)31-19-20-9-3-2-4-10-20)30-16-8-15-29-13-6-5-12-28-14-7-11-27;;;/h2-4,9-10,17-18,28-31H,5-8,11-16,19,27H2,1H3;3*1H. The summed E-state index contributed by atoms with van der Waals surface area (Å²) in [6.45, 7) is 5.69. The van der Waals surface area contributed by atoms with Gasteiger partial charge in [0.2, 0.25) is 0 Å². The molecule has 0 fully saturated rings. The van der Waals surface area contributed by atoms with Gasteiger partial charge in [0, 0.05) is 13.1 Å². The third-order valence-corrected chi connectivity index (χ3v) is 5.20. The molecule has 0 spiro atoms. The van der Waals surface area contributed by atoms with Gasteiger partial charge in [-0.15, -0.1) is 37.2 Å². The van der Waals surface area contributed by atoms with Gasteiger partial charge < -0.3 is 31.7 Å². The fourth-order valence-corrected chi connectivity index (χ4v) is 3.34. The number of carbonyl (C=O) groups excluding carboxylic acids is 1. The summed E-state index contributed by atoms with van der Waals surface area (Å²) in [6, 6.07) is 12.7. The quantitative estimate of drug-likeness (QED) is 0.140. The normalized spacial score (nSPS) is 9.86. The predicted octanol–water partition coefficient (Wildman–Crippen LogP) is 4.60. The second-order valence-electron chi connectivity index (χ2n) is 7.84. The summed E-state index contributed by atoms with van der Waals surface area (Å²) in [6.07, 6.45) is 4.12. The summed E-state index contributed by atoms with van der Waals surface area (Å²) in [4.78, 5) is 12.1. The van der Waals surface area contributed by atoms with Gasteiger partial charge in [-0.05, 0) is 76.1 Å². The molecule has 0 heterocycles. The molecular formula is C25H41Cl3FN5O2. The Kier molecular flexibility index (Phi) is 22.6. The summed E-state index contributed by atoms with van der Waals surface area (Å²) in [5.74, 6) is -1.05. The molecule has 7 nitrogen and oxygen atoms in total. The van der Waals surface area contributed by atoms with E-state index in [0.29, 0.717) is 24.5 Å². The van der Waals surface area contributed by atoms with Gasteiger partial charge >= 0.3 is 5.97 Å². The number of ether oxygens (including phenoxy) is 1. The van der Waals surface area contributed by atoms with Crippen LogP contribution in [-0.2, 0) is 11.3 Å². The van der Waals surface area contributed by atoms with Crippen molar-refractivity contribution in [3.05, 3.63) is 59.4 Å². The van der Waals surface area contributed by atoms with Crippen molar-refractivity contribution in [3.8, 4) is 0 Å². The highest BCUT2D eigenvalue weighted by Gasteiger charge is 2.16. The number of esters is 1. The van der Waals surface area contributed by atoms with Crippen LogP contribution in [0.4, 0.5) is 15.8 Å². The Balaban J connectivity index is 0. The first-order valence-electron chi connectivity index (χ1n) is 11.7. The molecular weight excluding hydrogens is 528 g/mol. The zero-order valence-corrected chi connectivity index (χ0v) is 23.3. The van der Waals surface area contributed by atoms with E-state index >= 15 is 0 Å². The van der Waals surface area contributed by atoms with Crippen LogP contribution < -0.4 is 27.0 Å². The number of anilines is 2. The summed E-state index contributed by atoms with van der Waals surface area (Å²) in [5.41, 5.74) is 7.60. The van der Waals surface area contributed by atoms with Crippen molar-refractivity contribution in [1.29, 1.82) is 0 Å². The first-order chi connectivity index (χ1) is 16.2. The largest absolute Gasteiger partial charge is 0.465 e. The first kappa shape index (κ1) is 36.3. The van der Waals surface area contributed by atoms with E-state index in [4.69, 9.17) is 10.5 Å². The van der Waals surface area contributed by atoms with Crippen LogP contribution >= 0.6 is 37.2 Å². The second-order valence-corrected chi connectivity index (χ2v) is 7.84. The number of halogens is 4. The van der Waals surface area contributed by atoms with Gasteiger partial charge in [-0.25, -0.2) is 9.18 Å². The minimum Gasteiger partial charge on any atom is -0.465 e. The molecule has 2 rings (SSSR count). The molecule has 0 aromatic heterocycles. The molecule has 2 aromatic carbocycles. The summed E-state index contributed by atoms with van der Waals surface area (Å²) in [7, 11) is 1.29. The van der Waals surface area contributed by atoms with E-state index in [1.165, 1.54) is 13.2 Å². The number of unbranched alkanes of at least 4 members (excludes halogenated alkanes) is 1. The third kappa shape index (κ3) is 14.1. The van der Waals surface area contributed by atoms with Crippen molar-refractivity contribution >= 4 is 54.6 Å². The molecule has 0 radical (unpaired) electrons. The number of carbonyl (C=O) groups is 1. The van der Waals surface area contributed by atoms with Crippen molar-refractivity contribution in [2.75, 3.05) is 57.0 Å². The van der Waals surface area contributed by atoms with Crippen LogP contribution in [0, 0.1) is 5.82 Å². The van der Waals surface area contributed by atoms with Crippen molar-refractivity contribution in [1.82, 2.24) is 10.6 Å². The predicted molar refractivity (Wildman–Crippen MR) is 155 cm³/mol. The van der Waals surface area contributed by atoms with Crippen LogP contribution in [0.1, 0.15) is 41.6 Å². The summed E-state index contributed by atoms with van der Waals surface area (Å²) in [5, 5.41) is 13.2. The highest BCUT2D eigenvalue weighted by Crippen LogP contribution is 2.26. The summed E-state index contributed by atoms with van der Waals surface area (Å²) < 4.78 is 19.4. The molecule has 6 N–H and O–H groups in total. The molecule has 11 heteroatoms. The van der Waals surface area contributed by atoms with E-state index in [0.717, 1.165) is 64.0 Å². The third-order valence-electron chi connectivity index (χ3n) is 5.20. The number of methoxy groups -OCH3 is 1. The monoisotopic (exact) mass is 567 g/mol. The van der Waals surface area contributed by atoms with Gasteiger partial charge in [0.25, 0.3) is 0 Å². The average Bonchev–Trinajstić information content (AvgIpc) is 2.84. The van der Waals surface area contributed by atoms with Crippen LogP contribution in [-0.4, -0.2) is 52.3 Å². The number of nitrogens with one attached hydrogen (secondary N) is 4. The molecule has 0 amide bonds. The number of nitrogens with two attached hydrogens (primary N) is 1. The maximum atomic E-state index is 14.6. The highest BCUT2D eigenvalue weighted by molar-refractivity contribution is 5.96. The molecule has 0 aliphatic carbocycles. The SMILES string of the molecule is COC(=O)c1cc(F)c(NCCCNCCCCNCCCN)cc1NCc1ccccc1.Cl.Cl.Cl. The molecule has 0 bridgehead atoms. The Labute approximate surface area is 233 Å². The zero-order valence-electron chi connectivity index (χ0n) is 20.8. The molecule has 2 aromatic rings. The number of rotatable bonds is 17. The van der Waals surface area contributed by atoms with Crippen LogP contribution in [0.15, 0.2) is 42.5 Å². The van der Waals surface area contributed by atoms with E-state index in [-0.39, 0.29) is 42.8 Å². The van der Waals surface area contributed by atoms with E-state index in [9.17, 15) is 9.18 Å². The molecule has 0 atom stereocenters. The van der Waals surface area contributed by atoms with Crippen LogP contribution in [0.3, 0.4) is 0 Å². The Morgan fingerprint density at radius 1 is 0.833 bits per heavy atom. The van der Waals surface area contributed by atoms with Gasteiger partial charge in [-0.2, -0.15) is 0 Å². The van der Waals surface area contributed by atoms with Crippen molar-refractivity contribution < 1.29 is 13.9 Å². The Hall–Kier alpha value is -1.81. The molecule has 0 unspecified atom stereocenters. The van der Waals surface area contributed by atoms with Gasteiger partial charge in [-0.1, -0.05) is 30.3 Å². The molecule has 36 heavy (non-hydrogen) atoms. The lowest BCUT2D eigenvalue weighted by Crippen LogP contribution is -2.22. The van der Waals surface area contributed by atoms with Gasteiger partial charge in [0.1, 0.15) is 5.82 Å². The summed E-state index contributed by atoms with van der Waals surface area (Å²) >= 11 is 0. The average molecular weight is 569 g/mol. The van der Waals surface area contributed by atoms with Crippen LogP contribution in [0.2, 0.25) is 0 Å². The topological polar surface area (TPSA) is 100 Å². The second kappa shape index (κ2) is 22.4. The van der Waals surface area contributed by atoms with E-state index in [1.807, 2.05) is 30.3 Å². The molecule has 206 valence electrons. The smallest absolute Gasteiger partial charge is 0.340 e. The fourth-order valence-electron chi connectivity index (χ4n) is 3.34. The maximum absolute atomic E-state index is 14.6. The lowest BCUT2D eigenvalue weighted by molar-refractivity contribution is 0.0601. The number of benzene rings is 2. The molecule has 0 aliphatic heterocycles. The zero-order chi connectivity index (χ0) is 23.7. The van der Waals surface area contributed by atoms with E-state index in [1.54, 1.807) is 6.07 Å². The van der Waals surface area contributed by atoms with Gasteiger partial charge in [0.15, 0.2) is 0 Å². The fraction of sp³-hybridized carbons (Fsp3) is 0.480. The lowest BCUT2D eigenvalue weighted by Gasteiger charge is -2.15. The van der Waals surface area contributed by atoms with Crippen LogP contribution in [0.5, 0.6) is 0 Å². The van der Waals surface area contributed by atoms with Gasteiger partial charge in [0.05, 0.1) is 24.0 Å². The minimum absolute atomic E-state index is 0. The van der Waals surface area contributed by atoms with E-state index in [2.05, 4.69) is 21.3 Å². The van der Waals surface area contributed by atoms with Crippen molar-refractivity contribution in [2.24, 2.45) is 5.73 Å². The van der Waals surface area contributed by atoms with Crippen molar-refractivity contribution in [2.45, 2.75) is 32.2 Å². The number of hydrogen-bond donors (Lipinski definition) is 5. The van der Waals surface area contributed by atoms with Crippen molar-refractivity contribution in [3.63, 3.8) is 0 Å². The Morgan fingerprint density at radius 2 is 1.44 bits per heavy atom. The Bertz CT molecular complexity index is 835. The van der Waals surface area contributed by atoms with Gasteiger partial charge in [-0.3, -0.25) is 0 Å².